The molecule has 0 saturated carbocycles. The summed E-state index contributed by atoms with van der Waals surface area (Å²) in [5.41, 5.74) is 6.47. The third kappa shape index (κ3) is 3.01. The molecule has 0 saturated heterocycles. The molecule has 0 amide bonds. The fourth-order valence-electron chi connectivity index (χ4n) is 1.32. The van der Waals surface area contributed by atoms with Crippen molar-refractivity contribution in [3.8, 4) is 0 Å². The number of hydrogen-bond donors (Lipinski definition) is 1. The monoisotopic (exact) mass is 249 g/mol. The van der Waals surface area contributed by atoms with Crippen molar-refractivity contribution in [3.05, 3.63) is 48.0 Å². The summed E-state index contributed by atoms with van der Waals surface area (Å²) in [7, 11) is 0. The van der Waals surface area contributed by atoms with Crippen LogP contribution in [0.1, 0.15) is 18.5 Å². The molecule has 1 heterocycles. The van der Waals surface area contributed by atoms with Gasteiger partial charge in [0.1, 0.15) is 5.82 Å². The standard InChI is InChI=1S/C12H12FN3S/c1-8(14)9-3-4-11(10(13)7-9)17-12-15-5-2-6-16-12/h2-8H,14H2,1H3/t8-/m0/s1. The zero-order valence-electron chi connectivity index (χ0n) is 9.30. The molecule has 0 radical (unpaired) electrons. The maximum Gasteiger partial charge on any atom is 0.192 e. The maximum atomic E-state index is 13.8. The Balaban J connectivity index is 2.23. The van der Waals surface area contributed by atoms with E-state index in [1.807, 2.05) is 13.0 Å². The lowest BCUT2D eigenvalue weighted by molar-refractivity contribution is 0.596. The van der Waals surface area contributed by atoms with Gasteiger partial charge in [-0.2, -0.15) is 0 Å². The van der Waals surface area contributed by atoms with Crippen LogP contribution in [0.2, 0.25) is 0 Å². The van der Waals surface area contributed by atoms with Crippen LogP contribution in [0.3, 0.4) is 0 Å². The second kappa shape index (κ2) is 5.25. The number of nitrogens with zero attached hydrogens (tertiary/aromatic N) is 2. The molecule has 1 aromatic heterocycles. The normalized spacial score (nSPS) is 12.4. The van der Waals surface area contributed by atoms with Gasteiger partial charge in [-0.3, -0.25) is 0 Å². The highest BCUT2D eigenvalue weighted by molar-refractivity contribution is 7.99. The molecule has 0 unspecified atom stereocenters. The van der Waals surface area contributed by atoms with E-state index in [0.717, 1.165) is 5.56 Å². The Bertz CT molecular complexity index is 502. The number of benzene rings is 1. The number of rotatable bonds is 3. The molecule has 0 aliphatic rings. The molecule has 0 aliphatic carbocycles. The highest BCUT2D eigenvalue weighted by Crippen LogP contribution is 2.28. The SMILES string of the molecule is C[C@H](N)c1ccc(Sc2ncccn2)c(F)c1. The predicted molar refractivity (Wildman–Crippen MR) is 65.2 cm³/mol. The van der Waals surface area contributed by atoms with Gasteiger partial charge in [-0.15, -0.1) is 0 Å². The molecule has 17 heavy (non-hydrogen) atoms. The van der Waals surface area contributed by atoms with Gasteiger partial charge in [0.15, 0.2) is 5.16 Å². The lowest BCUT2D eigenvalue weighted by Crippen LogP contribution is -2.05. The third-order valence-electron chi connectivity index (χ3n) is 2.23. The summed E-state index contributed by atoms with van der Waals surface area (Å²) >= 11 is 1.20. The summed E-state index contributed by atoms with van der Waals surface area (Å²) in [4.78, 5) is 8.57. The molecule has 0 aliphatic heterocycles. The van der Waals surface area contributed by atoms with E-state index in [0.29, 0.717) is 10.1 Å². The Morgan fingerprint density at radius 2 is 2.00 bits per heavy atom. The van der Waals surface area contributed by atoms with Gasteiger partial charge in [-0.25, -0.2) is 14.4 Å². The lowest BCUT2D eigenvalue weighted by Gasteiger charge is -2.07. The van der Waals surface area contributed by atoms with Crippen molar-refractivity contribution in [2.75, 3.05) is 0 Å². The molecule has 1 aromatic carbocycles. The third-order valence-corrected chi connectivity index (χ3v) is 3.17. The van der Waals surface area contributed by atoms with Gasteiger partial charge in [0.2, 0.25) is 0 Å². The summed E-state index contributed by atoms with van der Waals surface area (Å²) in [5.74, 6) is -0.294. The Labute approximate surface area is 103 Å². The minimum Gasteiger partial charge on any atom is -0.324 e. The number of aromatic nitrogens is 2. The van der Waals surface area contributed by atoms with E-state index in [9.17, 15) is 4.39 Å². The van der Waals surface area contributed by atoms with Crippen molar-refractivity contribution in [2.24, 2.45) is 5.73 Å². The molecular formula is C12H12FN3S. The van der Waals surface area contributed by atoms with Crippen molar-refractivity contribution >= 4 is 11.8 Å². The molecule has 0 fully saturated rings. The zero-order chi connectivity index (χ0) is 12.3. The van der Waals surface area contributed by atoms with Gasteiger partial charge < -0.3 is 5.73 Å². The van der Waals surface area contributed by atoms with Crippen LogP contribution in [-0.4, -0.2) is 9.97 Å². The van der Waals surface area contributed by atoms with Crippen LogP contribution in [0.5, 0.6) is 0 Å². The van der Waals surface area contributed by atoms with Crippen molar-refractivity contribution in [1.29, 1.82) is 0 Å². The molecule has 2 rings (SSSR count). The fraction of sp³-hybridized carbons (Fsp3) is 0.167. The second-order valence-corrected chi connectivity index (χ2v) is 4.62. The van der Waals surface area contributed by atoms with Crippen LogP contribution in [0, 0.1) is 5.82 Å². The smallest absolute Gasteiger partial charge is 0.192 e. The van der Waals surface area contributed by atoms with Gasteiger partial charge in [-0.1, -0.05) is 6.07 Å². The average Bonchev–Trinajstić information content (AvgIpc) is 2.33. The molecule has 2 N–H and O–H groups in total. The molecular weight excluding hydrogens is 237 g/mol. The highest BCUT2D eigenvalue weighted by Gasteiger charge is 2.08. The van der Waals surface area contributed by atoms with E-state index < -0.39 is 0 Å². The summed E-state index contributed by atoms with van der Waals surface area (Å²) in [6, 6.07) is 6.53. The molecule has 88 valence electrons. The first-order valence-electron chi connectivity index (χ1n) is 5.16. The first kappa shape index (κ1) is 12.0. The van der Waals surface area contributed by atoms with E-state index in [4.69, 9.17) is 5.73 Å². The van der Waals surface area contributed by atoms with E-state index in [2.05, 4.69) is 9.97 Å². The summed E-state index contributed by atoms with van der Waals surface area (Å²) < 4.78 is 13.8. The van der Waals surface area contributed by atoms with Crippen molar-refractivity contribution < 1.29 is 4.39 Å². The number of halogens is 1. The van der Waals surface area contributed by atoms with Crippen LogP contribution < -0.4 is 5.73 Å². The summed E-state index contributed by atoms with van der Waals surface area (Å²) in [5, 5.41) is 0.528. The van der Waals surface area contributed by atoms with Crippen molar-refractivity contribution in [2.45, 2.75) is 23.0 Å². The molecule has 1 atom stereocenters. The largest absolute Gasteiger partial charge is 0.324 e. The number of hydrogen-bond acceptors (Lipinski definition) is 4. The zero-order valence-corrected chi connectivity index (χ0v) is 10.1. The minimum atomic E-state index is -0.294. The Morgan fingerprint density at radius 1 is 1.29 bits per heavy atom. The quantitative estimate of drug-likeness (QED) is 0.850. The molecule has 0 bridgehead atoms. The summed E-state index contributed by atoms with van der Waals surface area (Å²) in [6.07, 6.45) is 3.26. The van der Waals surface area contributed by atoms with Gasteiger partial charge in [0.05, 0.1) is 4.90 Å². The van der Waals surface area contributed by atoms with E-state index in [-0.39, 0.29) is 11.9 Å². The molecule has 0 spiro atoms. The van der Waals surface area contributed by atoms with Crippen LogP contribution in [-0.2, 0) is 0 Å². The summed E-state index contributed by atoms with van der Waals surface area (Å²) in [6.45, 7) is 1.82. The van der Waals surface area contributed by atoms with E-state index >= 15 is 0 Å². The van der Waals surface area contributed by atoms with Gasteiger partial charge in [-0.05, 0) is 42.4 Å². The molecule has 2 aromatic rings. The highest BCUT2D eigenvalue weighted by atomic mass is 32.2. The van der Waals surface area contributed by atoms with Crippen LogP contribution in [0.25, 0.3) is 0 Å². The Hall–Kier alpha value is -1.46. The van der Waals surface area contributed by atoms with Crippen LogP contribution in [0.15, 0.2) is 46.7 Å². The topological polar surface area (TPSA) is 51.8 Å². The van der Waals surface area contributed by atoms with Gasteiger partial charge in [0.25, 0.3) is 0 Å². The molecule has 3 nitrogen and oxygen atoms in total. The van der Waals surface area contributed by atoms with Crippen LogP contribution in [0.4, 0.5) is 4.39 Å². The first-order chi connectivity index (χ1) is 8.16. The molecule has 5 heteroatoms. The van der Waals surface area contributed by atoms with Gasteiger partial charge >= 0.3 is 0 Å². The Kier molecular flexibility index (Phi) is 3.71. The fourth-order valence-corrected chi connectivity index (χ4v) is 2.04. The average molecular weight is 249 g/mol. The Morgan fingerprint density at radius 3 is 2.59 bits per heavy atom. The lowest BCUT2D eigenvalue weighted by atomic mass is 10.1. The van der Waals surface area contributed by atoms with Gasteiger partial charge in [0, 0.05) is 18.4 Å². The second-order valence-electron chi connectivity index (χ2n) is 3.61. The predicted octanol–water partition coefficient (Wildman–Crippen LogP) is 2.79. The minimum absolute atomic E-state index is 0.170. The number of nitrogens with two attached hydrogens (primary N) is 1. The van der Waals surface area contributed by atoms with E-state index in [1.165, 1.54) is 17.8 Å². The van der Waals surface area contributed by atoms with Crippen molar-refractivity contribution in [1.82, 2.24) is 9.97 Å². The van der Waals surface area contributed by atoms with Crippen LogP contribution >= 0.6 is 11.8 Å². The van der Waals surface area contributed by atoms with Crippen molar-refractivity contribution in [3.63, 3.8) is 0 Å². The maximum absolute atomic E-state index is 13.8. The first-order valence-corrected chi connectivity index (χ1v) is 5.98. The van der Waals surface area contributed by atoms with E-state index in [1.54, 1.807) is 24.5 Å².